The van der Waals surface area contributed by atoms with Crippen LogP contribution < -0.4 is 9.46 Å². The van der Waals surface area contributed by atoms with Crippen LogP contribution >= 0.6 is 0 Å². The largest absolute Gasteiger partial charge is 0.495 e. The van der Waals surface area contributed by atoms with Gasteiger partial charge in [-0.1, -0.05) is 12.1 Å². The van der Waals surface area contributed by atoms with E-state index in [1.165, 1.54) is 25.3 Å². The number of Topliss-reactive ketones (excluding diaryl/α,β-unsaturated/α-hetero) is 1. The van der Waals surface area contributed by atoms with Crippen LogP contribution in [0.2, 0.25) is 0 Å². The van der Waals surface area contributed by atoms with Gasteiger partial charge >= 0.3 is 12.1 Å². The smallest absolute Gasteiger partial charge is 0.416 e. The van der Waals surface area contributed by atoms with Gasteiger partial charge in [0.15, 0.2) is 12.4 Å². The van der Waals surface area contributed by atoms with Crippen molar-refractivity contribution in [2.24, 2.45) is 0 Å². The number of alkyl halides is 3. The first kappa shape index (κ1) is 24.4. The highest BCUT2D eigenvalue weighted by molar-refractivity contribution is 7.89. The van der Waals surface area contributed by atoms with Crippen LogP contribution in [0.25, 0.3) is 0 Å². The molecule has 7 nitrogen and oxygen atoms in total. The molecule has 2 rings (SSSR count). The fourth-order valence-electron chi connectivity index (χ4n) is 2.55. The number of hydrogen-bond acceptors (Lipinski definition) is 6. The molecule has 0 aliphatic heterocycles. The number of methoxy groups -OCH3 is 1. The third kappa shape index (κ3) is 6.28. The van der Waals surface area contributed by atoms with Crippen molar-refractivity contribution in [3.05, 3.63) is 59.2 Å². The molecule has 2 aromatic rings. The van der Waals surface area contributed by atoms with Crippen molar-refractivity contribution in [3.63, 3.8) is 0 Å². The normalized spacial score (nSPS) is 12.0. The number of halogens is 3. The van der Waals surface area contributed by atoms with Gasteiger partial charge < -0.3 is 9.47 Å². The van der Waals surface area contributed by atoms with Crippen molar-refractivity contribution >= 4 is 21.8 Å². The summed E-state index contributed by atoms with van der Waals surface area (Å²) in [5, 5.41) is 0. The molecule has 0 fully saturated rings. The number of rotatable bonds is 8. The third-order valence-corrected chi connectivity index (χ3v) is 5.61. The minimum Gasteiger partial charge on any atom is -0.495 e. The third-order valence-electron chi connectivity index (χ3n) is 3.93. The van der Waals surface area contributed by atoms with E-state index < -0.39 is 46.2 Å². The number of carbonyl (C=O) groups excluding carboxylic acids is 2. The van der Waals surface area contributed by atoms with E-state index in [2.05, 4.69) is 4.72 Å². The highest BCUT2D eigenvalue weighted by atomic mass is 32.2. The predicted octanol–water partition coefficient (Wildman–Crippen LogP) is 3.44. The summed E-state index contributed by atoms with van der Waals surface area (Å²) in [6.07, 6.45) is -4.62. The first-order valence-corrected chi connectivity index (χ1v) is 10.4. The lowest BCUT2D eigenvalue weighted by Gasteiger charge is -2.14. The minimum absolute atomic E-state index is 0.00950. The van der Waals surface area contributed by atoms with E-state index in [0.717, 1.165) is 18.2 Å². The molecule has 0 atom stereocenters. The second-order valence-electron chi connectivity index (χ2n) is 6.72. The molecule has 2 aromatic carbocycles. The average Bonchev–Trinajstić information content (AvgIpc) is 2.69. The minimum atomic E-state index is -4.62. The fraction of sp³-hybridized carbons (Fsp3) is 0.300. The number of carbonyl (C=O) groups is 2. The highest BCUT2D eigenvalue weighted by Crippen LogP contribution is 2.29. The lowest BCUT2D eigenvalue weighted by atomic mass is 10.1. The molecular formula is C20H20F3NO6S. The van der Waals surface area contributed by atoms with Crippen LogP contribution in [0.3, 0.4) is 0 Å². The number of esters is 1. The number of ketones is 1. The van der Waals surface area contributed by atoms with Crippen LogP contribution in [0.1, 0.15) is 40.1 Å². The Morgan fingerprint density at radius 2 is 1.74 bits per heavy atom. The SMILES string of the molecule is COc1ccc(C(=O)OCC(=O)c2cccc(C(F)(F)F)c2)cc1S(=O)(=O)NC(C)C. The second-order valence-corrected chi connectivity index (χ2v) is 8.40. The van der Waals surface area contributed by atoms with Gasteiger partial charge in [-0.05, 0) is 44.2 Å². The molecule has 1 N–H and O–H groups in total. The van der Waals surface area contributed by atoms with Gasteiger partial charge in [-0.2, -0.15) is 13.2 Å². The monoisotopic (exact) mass is 459 g/mol. The Bertz CT molecular complexity index is 1080. The number of nitrogens with one attached hydrogen (secondary N) is 1. The zero-order chi connectivity index (χ0) is 23.4. The van der Waals surface area contributed by atoms with Crippen molar-refractivity contribution in [1.82, 2.24) is 4.72 Å². The van der Waals surface area contributed by atoms with E-state index in [0.29, 0.717) is 6.07 Å². The molecule has 0 bridgehead atoms. The van der Waals surface area contributed by atoms with Gasteiger partial charge in [0, 0.05) is 11.6 Å². The van der Waals surface area contributed by atoms with Crippen molar-refractivity contribution in [1.29, 1.82) is 0 Å². The van der Waals surface area contributed by atoms with Gasteiger partial charge in [-0.25, -0.2) is 17.9 Å². The van der Waals surface area contributed by atoms with Gasteiger partial charge in [-0.3, -0.25) is 4.79 Å². The topological polar surface area (TPSA) is 98.8 Å². The van der Waals surface area contributed by atoms with Crippen LogP contribution in [0, 0.1) is 0 Å². The van der Waals surface area contributed by atoms with Crippen LogP contribution in [0.15, 0.2) is 47.4 Å². The lowest BCUT2D eigenvalue weighted by molar-refractivity contribution is -0.137. The molecule has 0 spiro atoms. The van der Waals surface area contributed by atoms with E-state index in [4.69, 9.17) is 9.47 Å². The molecule has 0 aliphatic rings. The zero-order valence-corrected chi connectivity index (χ0v) is 17.6. The Balaban J connectivity index is 2.19. The summed E-state index contributed by atoms with van der Waals surface area (Å²) >= 11 is 0. The van der Waals surface area contributed by atoms with E-state index in [1.54, 1.807) is 13.8 Å². The van der Waals surface area contributed by atoms with Gasteiger partial charge in [0.1, 0.15) is 10.6 Å². The fourth-order valence-corrected chi connectivity index (χ4v) is 4.00. The summed E-state index contributed by atoms with van der Waals surface area (Å²) in [5.41, 5.74) is -1.46. The first-order chi connectivity index (χ1) is 14.3. The molecule has 0 aromatic heterocycles. The van der Waals surface area contributed by atoms with Crippen molar-refractivity contribution in [2.45, 2.75) is 31.0 Å². The Labute approximate surface area is 177 Å². The van der Waals surface area contributed by atoms with Crippen LogP contribution in [0.5, 0.6) is 5.75 Å². The summed E-state index contributed by atoms with van der Waals surface area (Å²) in [6.45, 7) is 2.40. The van der Waals surface area contributed by atoms with Gasteiger partial charge in [0.2, 0.25) is 10.0 Å². The van der Waals surface area contributed by atoms with Crippen molar-refractivity contribution in [2.75, 3.05) is 13.7 Å². The number of hydrogen-bond donors (Lipinski definition) is 1. The standard InChI is InChI=1S/C20H20F3NO6S/c1-12(2)24-31(27,28)18-10-14(7-8-17(18)29-3)19(26)30-11-16(25)13-5-4-6-15(9-13)20(21,22)23/h4-10,12,24H,11H2,1-3H3. The maximum absolute atomic E-state index is 12.8. The quantitative estimate of drug-likeness (QED) is 0.480. The summed E-state index contributed by atoms with van der Waals surface area (Å²) in [6, 6.07) is 6.81. The van der Waals surface area contributed by atoms with Crippen LogP contribution in [-0.2, 0) is 20.9 Å². The molecule has 0 aliphatic carbocycles. The van der Waals surface area contributed by atoms with Crippen LogP contribution in [0.4, 0.5) is 13.2 Å². The second kappa shape index (κ2) is 9.48. The molecule has 0 unspecified atom stereocenters. The van der Waals surface area contributed by atoms with Crippen molar-refractivity contribution < 1.29 is 40.7 Å². The molecule has 31 heavy (non-hydrogen) atoms. The van der Waals surface area contributed by atoms with Gasteiger partial charge in [-0.15, -0.1) is 0 Å². The summed E-state index contributed by atoms with van der Waals surface area (Å²) in [4.78, 5) is 24.1. The molecule has 0 heterocycles. The summed E-state index contributed by atoms with van der Waals surface area (Å²) < 4.78 is 75.5. The molecular weight excluding hydrogens is 439 g/mol. The van der Waals surface area contributed by atoms with Gasteiger partial charge in [0.05, 0.1) is 18.2 Å². The molecule has 168 valence electrons. The summed E-state index contributed by atoms with van der Waals surface area (Å²) in [7, 11) is -2.75. The first-order valence-electron chi connectivity index (χ1n) is 8.93. The maximum Gasteiger partial charge on any atom is 0.416 e. The van der Waals surface area contributed by atoms with Crippen LogP contribution in [-0.4, -0.2) is 39.9 Å². The highest BCUT2D eigenvalue weighted by Gasteiger charge is 2.31. The Kier molecular flexibility index (Phi) is 7.45. The molecule has 11 heteroatoms. The number of benzene rings is 2. The van der Waals surface area contributed by atoms with E-state index in [-0.39, 0.29) is 21.8 Å². The van der Waals surface area contributed by atoms with Crippen molar-refractivity contribution in [3.8, 4) is 5.75 Å². The van der Waals surface area contributed by atoms with Gasteiger partial charge in [0.25, 0.3) is 0 Å². The Hall–Kier alpha value is -2.92. The predicted molar refractivity (Wildman–Crippen MR) is 105 cm³/mol. The molecule has 0 amide bonds. The Morgan fingerprint density at radius 1 is 1.06 bits per heavy atom. The number of sulfonamides is 1. The summed E-state index contributed by atoms with van der Waals surface area (Å²) in [5.74, 6) is -1.88. The Morgan fingerprint density at radius 3 is 2.32 bits per heavy atom. The van der Waals surface area contributed by atoms with E-state index in [1.807, 2.05) is 0 Å². The lowest BCUT2D eigenvalue weighted by Crippen LogP contribution is -2.30. The maximum atomic E-state index is 12.8. The zero-order valence-electron chi connectivity index (χ0n) is 16.8. The van der Waals surface area contributed by atoms with E-state index >= 15 is 0 Å². The molecule has 0 saturated heterocycles. The van der Waals surface area contributed by atoms with E-state index in [9.17, 15) is 31.2 Å². The number of ether oxygens (including phenoxy) is 2. The average molecular weight is 459 g/mol. The molecule has 0 saturated carbocycles. The molecule has 0 radical (unpaired) electrons.